The van der Waals surface area contributed by atoms with Crippen LogP contribution in [0.4, 0.5) is 10.5 Å². The highest BCUT2D eigenvalue weighted by Crippen LogP contribution is 2.24. The normalized spacial score (nSPS) is 17.2. The van der Waals surface area contributed by atoms with E-state index in [9.17, 15) is 9.59 Å². The van der Waals surface area contributed by atoms with Gasteiger partial charge >= 0.3 is 6.09 Å². The number of amides is 2. The average Bonchev–Trinajstić information content (AvgIpc) is 2.37. The molecule has 0 aromatic heterocycles. The Morgan fingerprint density at radius 3 is 2.81 bits per heavy atom. The topological polar surface area (TPSA) is 91.2 Å². The van der Waals surface area contributed by atoms with Crippen LogP contribution < -0.4 is 10.6 Å². The molecule has 2 amide bonds. The Labute approximate surface area is 123 Å². The van der Waals surface area contributed by atoms with Crippen LogP contribution in [0.3, 0.4) is 0 Å². The van der Waals surface area contributed by atoms with E-state index in [0.29, 0.717) is 17.7 Å². The van der Waals surface area contributed by atoms with Crippen LogP contribution in [0.5, 0.6) is 0 Å². The number of hydrogen-bond donors (Lipinski definition) is 2. The molecule has 0 aliphatic carbocycles. The van der Waals surface area contributed by atoms with E-state index in [1.807, 2.05) is 6.07 Å². The van der Waals surface area contributed by atoms with E-state index in [4.69, 9.17) is 10.00 Å². The van der Waals surface area contributed by atoms with Gasteiger partial charge in [-0.05, 0) is 38.5 Å². The summed E-state index contributed by atoms with van der Waals surface area (Å²) >= 11 is 0. The molecule has 0 saturated carbocycles. The highest BCUT2D eigenvalue weighted by atomic mass is 16.6. The molecule has 110 valence electrons. The first kappa shape index (κ1) is 14.9. The van der Waals surface area contributed by atoms with Gasteiger partial charge in [0.1, 0.15) is 11.6 Å². The third kappa shape index (κ3) is 3.72. The van der Waals surface area contributed by atoms with Crippen molar-refractivity contribution < 1.29 is 14.3 Å². The lowest BCUT2D eigenvalue weighted by molar-refractivity contribution is -0.118. The zero-order valence-electron chi connectivity index (χ0n) is 12.2. The quantitative estimate of drug-likeness (QED) is 0.825. The molecule has 2 rings (SSSR count). The van der Waals surface area contributed by atoms with Crippen LogP contribution in [-0.2, 0) is 16.0 Å². The predicted octanol–water partition coefficient (Wildman–Crippen LogP) is 1.95. The van der Waals surface area contributed by atoms with Gasteiger partial charge in [-0.2, -0.15) is 5.26 Å². The van der Waals surface area contributed by atoms with Crippen molar-refractivity contribution in [2.45, 2.75) is 38.8 Å². The average molecular weight is 287 g/mol. The molecule has 0 bridgehead atoms. The van der Waals surface area contributed by atoms with Gasteiger partial charge in [0.2, 0.25) is 5.91 Å². The summed E-state index contributed by atoms with van der Waals surface area (Å²) in [6, 6.07) is 6.42. The molecular weight excluding hydrogens is 270 g/mol. The number of carbonyl (C=O) groups is 2. The van der Waals surface area contributed by atoms with E-state index in [1.165, 1.54) is 0 Å². The van der Waals surface area contributed by atoms with Gasteiger partial charge in [0.05, 0.1) is 11.6 Å². The summed E-state index contributed by atoms with van der Waals surface area (Å²) in [6.45, 7) is 5.27. The lowest BCUT2D eigenvalue weighted by Crippen LogP contribution is -2.49. The molecule has 0 spiro atoms. The number of carbonyl (C=O) groups excluding carboxylic acids is 2. The SMILES string of the molecule is CC(C)(C)OC(=O)N[C@@H]1Cc2ccc(C#N)cc2NC1=O. The van der Waals surface area contributed by atoms with Crippen molar-refractivity contribution >= 4 is 17.7 Å². The maximum absolute atomic E-state index is 12.0. The minimum atomic E-state index is -0.680. The fourth-order valence-corrected chi connectivity index (χ4v) is 2.04. The molecule has 1 aliphatic heterocycles. The van der Waals surface area contributed by atoms with Crippen molar-refractivity contribution in [3.8, 4) is 6.07 Å². The highest BCUT2D eigenvalue weighted by molar-refractivity contribution is 5.99. The second-order valence-corrected chi connectivity index (χ2v) is 5.88. The van der Waals surface area contributed by atoms with E-state index in [1.54, 1.807) is 39.0 Å². The number of fused-ring (bicyclic) bond motifs is 1. The van der Waals surface area contributed by atoms with Crippen LogP contribution in [0.15, 0.2) is 18.2 Å². The third-order valence-corrected chi connectivity index (χ3v) is 2.93. The lowest BCUT2D eigenvalue weighted by Gasteiger charge is -2.27. The van der Waals surface area contributed by atoms with Crippen molar-refractivity contribution in [2.75, 3.05) is 5.32 Å². The fraction of sp³-hybridized carbons (Fsp3) is 0.400. The fourth-order valence-electron chi connectivity index (χ4n) is 2.04. The number of ether oxygens (including phenoxy) is 1. The molecule has 6 heteroatoms. The molecule has 21 heavy (non-hydrogen) atoms. The number of alkyl carbamates (subject to hydrolysis) is 1. The lowest BCUT2D eigenvalue weighted by atomic mass is 9.97. The molecule has 1 aromatic rings. The van der Waals surface area contributed by atoms with Crippen molar-refractivity contribution in [3.63, 3.8) is 0 Å². The molecule has 1 aliphatic rings. The largest absolute Gasteiger partial charge is 0.444 e. The van der Waals surface area contributed by atoms with Crippen molar-refractivity contribution in [2.24, 2.45) is 0 Å². The summed E-state index contributed by atoms with van der Waals surface area (Å²) in [6.07, 6.45) is -0.258. The zero-order valence-corrected chi connectivity index (χ0v) is 12.2. The van der Waals surface area contributed by atoms with Crippen molar-refractivity contribution in [1.82, 2.24) is 5.32 Å². The van der Waals surface area contributed by atoms with Gasteiger partial charge in [0, 0.05) is 12.1 Å². The molecule has 0 fully saturated rings. The predicted molar refractivity (Wildman–Crippen MR) is 76.6 cm³/mol. The van der Waals surface area contributed by atoms with Gasteiger partial charge in [0.25, 0.3) is 0 Å². The first-order chi connectivity index (χ1) is 9.78. The van der Waals surface area contributed by atoms with Gasteiger partial charge < -0.3 is 15.4 Å². The number of nitrogens with one attached hydrogen (secondary N) is 2. The van der Waals surface area contributed by atoms with Crippen molar-refractivity contribution in [1.29, 1.82) is 5.26 Å². The first-order valence-corrected chi connectivity index (χ1v) is 6.62. The zero-order chi connectivity index (χ0) is 15.6. The Morgan fingerprint density at radius 2 is 2.19 bits per heavy atom. The summed E-state index contributed by atoms with van der Waals surface area (Å²) in [4.78, 5) is 23.7. The molecule has 0 saturated heterocycles. The van der Waals surface area contributed by atoms with Crippen LogP contribution in [-0.4, -0.2) is 23.6 Å². The Morgan fingerprint density at radius 1 is 1.48 bits per heavy atom. The van der Waals surface area contributed by atoms with E-state index in [2.05, 4.69) is 10.6 Å². The molecule has 0 unspecified atom stereocenters. The van der Waals surface area contributed by atoms with Gasteiger partial charge in [0.15, 0.2) is 0 Å². The Kier molecular flexibility index (Phi) is 3.85. The number of rotatable bonds is 1. The third-order valence-electron chi connectivity index (χ3n) is 2.93. The maximum Gasteiger partial charge on any atom is 0.408 e. The van der Waals surface area contributed by atoms with Crippen LogP contribution in [0, 0.1) is 11.3 Å². The summed E-state index contributed by atoms with van der Waals surface area (Å²) in [7, 11) is 0. The van der Waals surface area contributed by atoms with E-state index in [0.717, 1.165) is 5.56 Å². The Bertz CT molecular complexity index is 626. The monoisotopic (exact) mass is 287 g/mol. The second kappa shape index (κ2) is 5.44. The number of nitriles is 1. The van der Waals surface area contributed by atoms with Gasteiger partial charge in [-0.3, -0.25) is 4.79 Å². The molecule has 1 aromatic carbocycles. The summed E-state index contributed by atoms with van der Waals surface area (Å²) < 4.78 is 5.14. The van der Waals surface area contributed by atoms with Crippen LogP contribution in [0.2, 0.25) is 0 Å². The van der Waals surface area contributed by atoms with E-state index < -0.39 is 17.7 Å². The van der Waals surface area contributed by atoms with E-state index >= 15 is 0 Å². The molecule has 6 nitrogen and oxygen atoms in total. The van der Waals surface area contributed by atoms with Gasteiger partial charge in [-0.25, -0.2) is 4.79 Å². The Hall–Kier alpha value is -2.55. The molecule has 1 atom stereocenters. The van der Waals surface area contributed by atoms with E-state index in [-0.39, 0.29) is 5.91 Å². The molecule has 2 N–H and O–H groups in total. The number of anilines is 1. The summed E-state index contributed by atoms with van der Waals surface area (Å²) in [5.41, 5.74) is 1.35. The smallest absolute Gasteiger partial charge is 0.408 e. The number of nitrogens with zero attached hydrogens (tertiary/aromatic N) is 1. The van der Waals surface area contributed by atoms with Crippen LogP contribution in [0.1, 0.15) is 31.9 Å². The Balaban J connectivity index is 2.09. The second-order valence-electron chi connectivity index (χ2n) is 5.88. The minimum Gasteiger partial charge on any atom is -0.444 e. The van der Waals surface area contributed by atoms with Crippen LogP contribution >= 0.6 is 0 Å². The number of hydrogen-bond acceptors (Lipinski definition) is 4. The minimum absolute atomic E-state index is 0.316. The molecule has 0 radical (unpaired) electrons. The standard InChI is InChI=1S/C15H17N3O3/c1-15(2,3)21-14(20)18-12-7-10-5-4-9(8-16)6-11(10)17-13(12)19/h4-6,12H,7H2,1-3H3,(H,17,19)(H,18,20)/t12-/m1/s1. The summed E-state index contributed by atoms with van der Waals surface area (Å²) in [5.74, 6) is -0.316. The van der Waals surface area contributed by atoms with Gasteiger partial charge in [-0.1, -0.05) is 6.07 Å². The van der Waals surface area contributed by atoms with Crippen molar-refractivity contribution in [3.05, 3.63) is 29.3 Å². The number of benzene rings is 1. The summed E-state index contributed by atoms with van der Waals surface area (Å²) in [5, 5.41) is 14.1. The first-order valence-electron chi connectivity index (χ1n) is 6.62. The highest BCUT2D eigenvalue weighted by Gasteiger charge is 2.29. The molecular formula is C15H17N3O3. The molecule has 1 heterocycles. The van der Waals surface area contributed by atoms with Crippen LogP contribution in [0.25, 0.3) is 0 Å². The maximum atomic E-state index is 12.0. The van der Waals surface area contributed by atoms with Gasteiger partial charge in [-0.15, -0.1) is 0 Å².